The number of fused-ring (bicyclic) bond motifs is 2. The predicted octanol–water partition coefficient (Wildman–Crippen LogP) is 1.58. The summed E-state index contributed by atoms with van der Waals surface area (Å²) in [5.41, 5.74) is 0. The molecule has 3 rings (SSSR count). The van der Waals surface area contributed by atoms with Gasteiger partial charge < -0.3 is 15.7 Å². The molecule has 0 saturated heterocycles. The standard InChI is InChI=1S/C14H22N2O3/c1-7(8-2-3-8)15-14(19)16-12-10-5-4-9(6-10)11(12)13(17)18/h7-12H,2-6H2,1H3,(H,17,18)(H2,15,16,19). The minimum Gasteiger partial charge on any atom is -0.481 e. The molecule has 106 valence electrons. The monoisotopic (exact) mass is 266 g/mol. The van der Waals surface area contributed by atoms with Crippen LogP contribution in [0, 0.1) is 23.7 Å². The SMILES string of the molecule is CC(NC(=O)NC1C2CCC(C2)C1C(=O)O)C1CC1. The molecule has 0 aromatic carbocycles. The number of rotatable bonds is 4. The molecule has 2 amide bonds. The third-order valence-corrected chi connectivity index (χ3v) is 5.19. The minimum atomic E-state index is -0.757. The molecule has 5 nitrogen and oxygen atoms in total. The molecule has 5 atom stereocenters. The van der Waals surface area contributed by atoms with Gasteiger partial charge in [-0.2, -0.15) is 0 Å². The lowest BCUT2D eigenvalue weighted by Crippen LogP contribution is -2.52. The van der Waals surface area contributed by atoms with Gasteiger partial charge in [-0.3, -0.25) is 4.79 Å². The molecule has 2 bridgehead atoms. The summed E-state index contributed by atoms with van der Waals surface area (Å²) in [4.78, 5) is 23.3. The number of amides is 2. The highest BCUT2D eigenvalue weighted by Crippen LogP contribution is 2.48. The zero-order valence-corrected chi connectivity index (χ0v) is 11.3. The van der Waals surface area contributed by atoms with Crippen molar-refractivity contribution in [3.8, 4) is 0 Å². The van der Waals surface area contributed by atoms with Crippen LogP contribution in [0.2, 0.25) is 0 Å². The van der Waals surface area contributed by atoms with Crippen LogP contribution in [0.5, 0.6) is 0 Å². The van der Waals surface area contributed by atoms with Crippen LogP contribution in [0.25, 0.3) is 0 Å². The van der Waals surface area contributed by atoms with Crippen LogP contribution < -0.4 is 10.6 Å². The number of hydrogen-bond acceptors (Lipinski definition) is 2. The van der Waals surface area contributed by atoms with E-state index in [0.717, 1.165) is 19.3 Å². The van der Waals surface area contributed by atoms with E-state index in [1.54, 1.807) is 0 Å². The fraction of sp³-hybridized carbons (Fsp3) is 0.857. The van der Waals surface area contributed by atoms with Gasteiger partial charge in [0.05, 0.1) is 5.92 Å². The number of aliphatic carboxylic acids is 1. The fourth-order valence-corrected chi connectivity index (χ4v) is 3.97. The van der Waals surface area contributed by atoms with Crippen LogP contribution in [-0.2, 0) is 4.79 Å². The molecule has 19 heavy (non-hydrogen) atoms. The van der Waals surface area contributed by atoms with Crippen molar-refractivity contribution in [3.05, 3.63) is 0 Å². The minimum absolute atomic E-state index is 0.178. The second-order valence-electron chi connectivity index (χ2n) is 6.47. The van der Waals surface area contributed by atoms with E-state index in [1.807, 2.05) is 6.92 Å². The van der Waals surface area contributed by atoms with Crippen molar-refractivity contribution in [1.29, 1.82) is 0 Å². The Labute approximate surface area is 113 Å². The number of nitrogens with one attached hydrogen (secondary N) is 2. The van der Waals surface area contributed by atoms with E-state index in [2.05, 4.69) is 10.6 Å². The summed E-state index contributed by atoms with van der Waals surface area (Å²) in [6.07, 6.45) is 5.39. The van der Waals surface area contributed by atoms with Gasteiger partial charge in [-0.15, -0.1) is 0 Å². The van der Waals surface area contributed by atoms with Crippen molar-refractivity contribution in [1.82, 2.24) is 10.6 Å². The molecule has 3 N–H and O–H groups in total. The van der Waals surface area contributed by atoms with Crippen molar-refractivity contribution in [3.63, 3.8) is 0 Å². The zero-order valence-electron chi connectivity index (χ0n) is 11.3. The summed E-state index contributed by atoms with van der Waals surface area (Å²) in [7, 11) is 0. The number of carbonyl (C=O) groups is 2. The van der Waals surface area contributed by atoms with Crippen molar-refractivity contribution in [2.24, 2.45) is 23.7 Å². The van der Waals surface area contributed by atoms with E-state index in [9.17, 15) is 14.7 Å². The van der Waals surface area contributed by atoms with Crippen LogP contribution in [0.3, 0.4) is 0 Å². The molecule has 5 unspecified atom stereocenters. The summed E-state index contributed by atoms with van der Waals surface area (Å²) < 4.78 is 0. The number of carboxylic acids is 1. The Balaban J connectivity index is 1.58. The maximum atomic E-state index is 12.0. The predicted molar refractivity (Wildman–Crippen MR) is 69.6 cm³/mol. The van der Waals surface area contributed by atoms with Crippen molar-refractivity contribution >= 4 is 12.0 Å². The zero-order chi connectivity index (χ0) is 13.6. The van der Waals surface area contributed by atoms with Crippen molar-refractivity contribution < 1.29 is 14.7 Å². The summed E-state index contributed by atoms with van der Waals surface area (Å²) in [6, 6.07) is -0.173. The van der Waals surface area contributed by atoms with E-state index < -0.39 is 5.97 Å². The first kappa shape index (κ1) is 12.8. The highest BCUT2D eigenvalue weighted by atomic mass is 16.4. The molecule has 0 aliphatic heterocycles. The average molecular weight is 266 g/mol. The van der Waals surface area contributed by atoms with Gasteiger partial charge in [0, 0.05) is 12.1 Å². The molecular weight excluding hydrogens is 244 g/mol. The molecular formula is C14H22N2O3. The average Bonchev–Trinajstić information content (AvgIpc) is 3.01. The molecule has 0 radical (unpaired) electrons. The molecule has 5 heteroatoms. The summed E-state index contributed by atoms with van der Waals surface area (Å²) >= 11 is 0. The van der Waals surface area contributed by atoms with Crippen LogP contribution in [0.4, 0.5) is 4.79 Å². The maximum Gasteiger partial charge on any atom is 0.315 e. The Morgan fingerprint density at radius 3 is 2.47 bits per heavy atom. The Morgan fingerprint density at radius 2 is 1.84 bits per heavy atom. The Morgan fingerprint density at radius 1 is 1.16 bits per heavy atom. The van der Waals surface area contributed by atoms with E-state index in [0.29, 0.717) is 11.8 Å². The van der Waals surface area contributed by atoms with Gasteiger partial charge >= 0.3 is 12.0 Å². The highest BCUT2D eigenvalue weighted by molar-refractivity contribution is 5.77. The Bertz CT molecular complexity index is 394. The normalized spacial score (nSPS) is 37.9. The highest BCUT2D eigenvalue weighted by Gasteiger charge is 2.51. The smallest absolute Gasteiger partial charge is 0.315 e. The van der Waals surface area contributed by atoms with Crippen LogP contribution in [-0.4, -0.2) is 29.2 Å². The topological polar surface area (TPSA) is 78.4 Å². The number of urea groups is 1. The summed E-state index contributed by atoms with van der Waals surface area (Å²) in [5, 5.41) is 15.2. The van der Waals surface area contributed by atoms with Crippen LogP contribution in [0.15, 0.2) is 0 Å². The number of carboxylic acid groups (broad SMARTS) is 1. The van der Waals surface area contributed by atoms with Crippen molar-refractivity contribution in [2.45, 2.75) is 51.1 Å². The molecule has 3 fully saturated rings. The third kappa shape index (κ3) is 2.42. The van der Waals surface area contributed by atoms with Crippen molar-refractivity contribution in [2.75, 3.05) is 0 Å². The largest absolute Gasteiger partial charge is 0.481 e. The molecule has 0 aromatic heterocycles. The molecule has 0 heterocycles. The van der Waals surface area contributed by atoms with E-state index in [4.69, 9.17) is 0 Å². The molecule has 0 aromatic rings. The number of hydrogen-bond donors (Lipinski definition) is 3. The first-order valence-corrected chi connectivity index (χ1v) is 7.36. The summed E-state index contributed by atoms with van der Waals surface area (Å²) in [6.45, 7) is 2.02. The van der Waals surface area contributed by atoms with Gasteiger partial charge in [0.25, 0.3) is 0 Å². The van der Waals surface area contributed by atoms with Crippen LogP contribution >= 0.6 is 0 Å². The maximum absolute atomic E-state index is 12.0. The second kappa shape index (κ2) is 4.69. The van der Waals surface area contributed by atoms with Gasteiger partial charge in [-0.05, 0) is 56.8 Å². The lowest BCUT2D eigenvalue weighted by atomic mass is 9.84. The van der Waals surface area contributed by atoms with Gasteiger partial charge in [0.2, 0.25) is 0 Å². The molecule has 3 aliphatic rings. The number of carbonyl (C=O) groups excluding carboxylic acids is 1. The fourth-order valence-electron chi connectivity index (χ4n) is 3.97. The van der Waals surface area contributed by atoms with Gasteiger partial charge in [-0.1, -0.05) is 0 Å². The molecule has 3 aliphatic carbocycles. The van der Waals surface area contributed by atoms with Gasteiger partial charge in [0.15, 0.2) is 0 Å². The van der Waals surface area contributed by atoms with E-state index in [1.165, 1.54) is 12.8 Å². The Hall–Kier alpha value is -1.26. The van der Waals surface area contributed by atoms with E-state index in [-0.39, 0.29) is 30.0 Å². The van der Waals surface area contributed by atoms with Gasteiger partial charge in [0.1, 0.15) is 0 Å². The Kier molecular flexibility index (Phi) is 3.15. The summed E-state index contributed by atoms with van der Waals surface area (Å²) in [5.74, 6) is 0.0799. The quantitative estimate of drug-likeness (QED) is 0.723. The lowest BCUT2D eigenvalue weighted by Gasteiger charge is -2.29. The molecule has 3 saturated carbocycles. The second-order valence-corrected chi connectivity index (χ2v) is 6.47. The first-order valence-electron chi connectivity index (χ1n) is 7.36. The third-order valence-electron chi connectivity index (χ3n) is 5.19. The molecule has 0 spiro atoms. The van der Waals surface area contributed by atoms with Gasteiger partial charge in [-0.25, -0.2) is 4.79 Å². The first-order chi connectivity index (χ1) is 9.06. The van der Waals surface area contributed by atoms with Crippen LogP contribution in [0.1, 0.15) is 39.0 Å². The lowest BCUT2D eigenvalue weighted by molar-refractivity contribution is -0.144. The van der Waals surface area contributed by atoms with E-state index >= 15 is 0 Å².